The lowest BCUT2D eigenvalue weighted by molar-refractivity contribution is -0.385. The summed E-state index contributed by atoms with van der Waals surface area (Å²) in [5.41, 5.74) is 0.863. The lowest BCUT2D eigenvalue weighted by Gasteiger charge is -2.10. The highest BCUT2D eigenvalue weighted by Gasteiger charge is 2.20. The monoisotopic (exact) mass is 362 g/mol. The summed E-state index contributed by atoms with van der Waals surface area (Å²) in [4.78, 5) is 22.5. The van der Waals surface area contributed by atoms with Crippen LogP contribution in [-0.2, 0) is 0 Å². The number of nitrogens with zero attached hydrogens (tertiary/aromatic N) is 1. The van der Waals surface area contributed by atoms with Crippen LogP contribution in [0.5, 0.6) is 5.75 Å². The summed E-state index contributed by atoms with van der Waals surface area (Å²) in [6, 6.07) is 11.7. The number of benzene rings is 2. The molecular formula is C18H19ClN2O4. The molecule has 0 heterocycles. The number of halogens is 1. The van der Waals surface area contributed by atoms with E-state index in [4.69, 9.17) is 16.3 Å². The van der Waals surface area contributed by atoms with Gasteiger partial charge in [0.1, 0.15) is 17.9 Å². The topological polar surface area (TPSA) is 81.5 Å². The van der Waals surface area contributed by atoms with Crippen molar-refractivity contribution in [1.29, 1.82) is 0 Å². The molecule has 2 rings (SSSR count). The van der Waals surface area contributed by atoms with Crippen molar-refractivity contribution in [3.8, 4) is 5.75 Å². The van der Waals surface area contributed by atoms with Crippen LogP contribution < -0.4 is 10.1 Å². The molecule has 0 spiro atoms. The molecule has 0 atom stereocenters. The summed E-state index contributed by atoms with van der Waals surface area (Å²) >= 11 is 5.73. The summed E-state index contributed by atoms with van der Waals surface area (Å²) < 4.78 is 5.55. The van der Waals surface area contributed by atoms with Crippen LogP contribution in [0.25, 0.3) is 0 Å². The van der Waals surface area contributed by atoms with Gasteiger partial charge in [0.15, 0.2) is 0 Å². The van der Waals surface area contributed by atoms with E-state index in [1.807, 2.05) is 24.3 Å². The van der Waals surface area contributed by atoms with Crippen molar-refractivity contribution in [2.75, 3.05) is 13.2 Å². The van der Waals surface area contributed by atoms with Gasteiger partial charge in [0.25, 0.3) is 11.6 Å². The third-order valence-corrected chi connectivity index (χ3v) is 3.84. The van der Waals surface area contributed by atoms with Crippen LogP contribution in [0.1, 0.15) is 35.7 Å². The van der Waals surface area contributed by atoms with Gasteiger partial charge in [-0.05, 0) is 35.7 Å². The van der Waals surface area contributed by atoms with Gasteiger partial charge in [0.2, 0.25) is 0 Å². The molecule has 2 aromatic carbocycles. The Balaban J connectivity index is 1.88. The van der Waals surface area contributed by atoms with Crippen LogP contribution in [0.4, 0.5) is 5.69 Å². The first-order chi connectivity index (χ1) is 11.9. The maximum atomic E-state index is 12.1. The van der Waals surface area contributed by atoms with E-state index in [0.29, 0.717) is 11.7 Å². The lowest BCUT2D eigenvalue weighted by atomic mass is 10.0. The average Bonchev–Trinajstić information content (AvgIpc) is 2.58. The fourth-order valence-corrected chi connectivity index (χ4v) is 2.39. The Hall–Kier alpha value is -2.60. The summed E-state index contributed by atoms with van der Waals surface area (Å²) in [6.07, 6.45) is 0. The molecule has 132 valence electrons. The highest BCUT2D eigenvalue weighted by atomic mass is 35.5. The van der Waals surface area contributed by atoms with Gasteiger partial charge in [0.05, 0.1) is 11.5 Å². The molecule has 6 nitrogen and oxygen atoms in total. The molecule has 2 aromatic rings. The number of nitro benzene ring substituents is 1. The molecule has 25 heavy (non-hydrogen) atoms. The number of amides is 1. The number of carbonyl (C=O) groups excluding carboxylic acids is 1. The van der Waals surface area contributed by atoms with E-state index in [-0.39, 0.29) is 29.4 Å². The maximum Gasteiger partial charge on any atom is 0.283 e. The fourth-order valence-electron chi connectivity index (χ4n) is 2.23. The number of carbonyl (C=O) groups is 1. The third kappa shape index (κ3) is 5.19. The molecule has 0 aliphatic rings. The van der Waals surface area contributed by atoms with Crippen molar-refractivity contribution in [2.24, 2.45) is 0 Å². The Kier molecular flexibility index (Phi) is 6.36. The number of hydrogen-bond donors (Lipinski definition) is 1. The number of hydrogen-bond acceptors (Lipinski definition) is 4. The summed E-state index contributed by atoms with van der Waals surface area (Å²) in [5.74, 6) is 0.613. The van der Waals surface area contributed by atoms with Gasteiger partial charge in [-0.1, -0.05) is 37.6 Å². The Labute approximate surface area is 150 Å². The zero-order chi connectivity index (χ0) is 18.4. The third-order valence-electron chi connectivity index (χ3n) is 3.60. The Morgan fingerprint density at radius 2 is 1.92 bits per heavy atom. The summed E-state index contributed by atoms with van der Waals surface area (Å²) in [5, 5.41) is 13.8. The summed E-state index contributed by atoms with van der Waals surface area (Å²) in [6.45, 7) is 4.71. The minimum absolute atomic E-state index is 0.0318. The maximum absolute atomic E-state index is 12.1. The standard InChI is InChI=1S/C18H19ClN2O4/c1-12(2)13-3-6-15(7-4-13)25-10-9-20-18(22)16-8-5-14(19)11-17(16)21(23)24/h3-8,11-12H,9-10H2,1-2H3,(H,20,22). The lowest BCUT2D eigenvalue weighted by Crippen LogP contribution is -2.28. The Morgan fingerprint density at radius 3 is 2.52 bits per heavy atom. The Bertz CT molecular complexity index is 760. The van der Waals surface area contributed by atoms with Crippen molar-refractivity contribution in [2.45, 2.75) is 19.8 Å². The first kappa shape index (κ1) is 18.7. The smallest absolute Gasteiger partial charge is 0.283 e. The molecule has 0 aliphatic heterocycles. The van der Waals surface area contributed by atoms with E-state index >= 15 is 0 Å². The van der Waals surface area contributed by atoms with E-state index in [0.717, 1.165) is 6.07 Å². The summed E-state index contributed by atoms with van der Waals surface area (Å²) in [7, 11) is 0. The molecule has 0 saturated heterocycles. The van der Waals surface area contributed by atoms with E-state index < -0.39 is 10.8 Å². The highest BCUT2D eigenvalue weighted by Crippen LogP contribution is 2.23. The van der Waals surface area contributed by atoms with Crippen LogP contribution >= 0.6 is 11.6 Å². The number of ether oxygens (including phenoxy) is 1. The normalized spacial score (nSPS) is 10.6. The van der Waals surface area contributed by atoms with Crippen LogP contribution in [0, 0.1) is 10.1 Å². The fraction of sp³-hybridized carbons (Fsp3) is 0.278. The van der Waals surface area contributed by atoms with Gasteiger partial charge in [-0.25, -0.2) is 0 Å². The molecule has 0 aliphatic carbocycles. The quantitative estimate of drug-likeness (QED) is 0.455. The molecular weight excluding hydrogens is 344 g/mol. The van der Waals surface area contributed by atoms with Gasteiger partial charge >= 0.3 is 0 Å². The van der Waals surface area contributed by atoms with E-state index in [9.17, 15) is 14.9 Å². The van der Waals surface area contributed by atoms with Crippen molar-refractivity contribution < 1.29 is 14.5 Å². The molecule has 0 bridgehead atoms. The van der Waals surface area contributed by atoms with Gasteiger partial charge in [0, 0.05) is 11.1 Å². The van der Waals surface area contributed by atoms with Crippen molar-refractivity contribution in [1.82, 2.24) is 5.32 Å². The van der Waals surface area contributed by atoms with Gasteiger partial charge < -0.3 is 10.1 Å². The molecule has 0 saturated carbocycles. The van der Waals surface area contributed by atoms with Gasteiger partial charge in [-0.2, -0.15) is 0 Å². The van der Waals surface area contributed by atoms with E-state index in [1.165, 1.54) is 17.7 Å². The molecule has 1 N–H and O–H groups in total. The molecule has 0 unspecified atom stereocenters. The van der Waals surface area contributed by atoms with Crippen LogP contribution in [0.15, 0.2) is 42.5 Å². The van der Waals surface area contributed by atoms with E-state index in [2.05, 4.69) is 19.2 Å². The van der Waals surface area contributed by atoms with Crippen LogP contribution in [0.3, 0.4) is 0 Å². The van der Waals surface area contributed by atoms with Crippen LogP contribution in [0.2, 0.25) is 5.02 Å². The zero-order valence-electron chi connectivity index (χ0n) is 14.0. The minimum atomic E-state index is -0.631. The second-order valence-corrected chi connectivity index (χ2v) is 6.18. The van der Waals surface area contributed by atoms with Crippen molar-refractivity contribution >= 4 is 23.2 Å². The van der Waals surface area contributed by atoms with Gasteiger partial charge in [-0.3, -0.25) is 14.9 Å². The molecule has 0 fully saturated rings. The molecule has 1 amide bonds. The van der Waals surface area contributed by atoms with Crippen molar-refractivity contribution in [3.05, 3.63) is 68.7 Å². The molecule has 7 heteroatoms. The largest absolute Gasteiger partial charge is 0.492 e. The van der Waals surface area contributed by atoms with Crippen molar-refractivity contribution in [3.63, 3.8) is 0 Å². The Morgan fingerprint density at radius 1 is 1.24 bits per heavy atom. The second-order valence-electron chi connectivity index (χ2n) is 5.75. The number of nitrogens with one attached hydrogen (secondary N) is 1. The number of rotatable bonds is 7. The zero-order valence-corrected chi connectivity index (χ0v) is 14.7. The predicted octanol–water partition coefficient (Wildman–Crippen LogP) is 4.18. The first-order valence-electron chi connectivity index (χ1n) is 7.83. The average molecular weight is 363 g/mol. The van der Waals surface area contributed by atoms with Crippen LogP contribution in [-0.4, -0.2) is 24.0 Å². The minimum Gasteiger partial charge on any atom is -0.492 e. The SMILES string of the molecule is CC(C)c1ccc(OCCNC(=O)c2ccc(Cl)cc2[N+](=O)[O-])cc1. The van der Waals surface area contributed by atoms with Gasteiger partial charge in [-0.15, -0.1) is 0 Å². The number of nitro groups is 1. The molecule has 0 radical (unpaired) electrons. The predicted molar refractivity (Wildman–Crippen MR) is 96.5 cm³/mol. The molecule has 0 aromatic heterocycles. The second kappa shape index (κ2) is 8.48. The highest BCUT2D eigenvalue weighted by molar-refractivity contribution is 6.31. The van der Waals surface area contributed by atoms with E-state index in [1.54, 1.807) is 0 Å². The first-order valence-corrected chi connectivity index (χ1v) is 8.21.